The lowest BCUT2D eigenvalue weighted by atomic mass is 9.99. The van der Waals surface area contributed by atoms with Crippen LogP contribution in [0.1, 0.15) is 25.0 Å². The van der Waals surface area contributed by atoms with Gasteiger partial charge in [0.05, 0.1) is 6.10 Å². The lowest BCUT2D eigenvalue weighted by molar-refractivity contribution is 0.130. The van der Waals surface area contributed by atoms with E-state index >= 15 is 0 Å². The monoisotopic (exact) mass is 235 g/mol. The Bertz CT molecular complexity index is 462. The van der Waals surface area contributed by atoms with E-state index in [9.17, 15) is 5.11 Å². The van der Waals surface area contributed by atoms with E-state index in [-0.39, 0.29) is 6.04 Å². The molecule has 2 rings (SSSR count). The van der Waals surface area contributed by atoms with Crippen molar-refractivity contribution in [3.63, 3.8) is 0 Å². The molecule has 0 aliphatic carbocycles. The summed E-state index contributed by atoms with van der Waals surface area (Å²) in [5.74, 6) is 0. The molecule has 0 amide bonds. The fraction of sp³-hybridized carbons (Fsp3) is 0.385. The van der Waals surface area contributed by atoms with E-state index in [1.165, 1.54) is 10.1 Å². The zero-order valence-electron chi connectivity index (χ0n) is 9.60. The minimum atomic E-state index is -0.431. The molecule has 0 aliphatic rings. The highest BCUT2D eigenvalue weighted by Gasteiger charge is 2.17. The molecule has 0 bridgehead atoms. The van der Waals surface area contributed by atoms with Gasteiger partial charge in [0.15, 0.2) is 0 Å². The maximum absolute atomic E-state index is 10.2. The molecule has 0 saturated heterocycles. The number of thiophene rings is 1. The Kier molecular flexibility index (Phi) is 3.59. The Morgan fingerprint density at radius 3 is 2.88 bits per heavy atom. The zero-order valence-corrected chi connectivity index (χ0v) is 10.4. The molecule has 2 aromatic rings. The van der Waals surface area contributed by atoms with Gasteiger partial charge in [0.2, 0.25) is 0 Å². The number of nitrogens with one attached hydrogen (secondary N) is 1. The molecule has 0 aliphatic heterocycles. The predicted octanol–water partition coefficient (Wildman–Crippen LogP) is 2.93. The molecule has 2 unspecified atom stereocenters. The van der Waals surface area contributed by atoms with Crippen molar-refractivity contribution in [2.45, 2.75) is 25.5 Å². The van der Waals surface area contributed by atoms with Crippen LogP contribution in [0.25, 0.3) is 10.1 Å². The van der Waals surface area contributed by atoms with Gasteiger partial charge in [-0.05, 0) is 48.0 Å². The minimum Gasteiger partial charge on any atom is -0.387 e. The number of fused-ring (bicyclic) bond motifs is 1. The molecule has 0 fully saturated rings. The summed E-state index contributed by atoms with van der Waals surface area (Å²) in [4.78, 5) is 0. The van der Waals surface area contributed by atoms with E-state index in [4.69, 9.17) is 0 Å². The van der Waals surface area contributed by atoms with Crippen molar-refractivity contribution in [1.29, 1.82) is 0 Å². The molecule has 1 aromatic carbocycles. The number of likely N-dealkylation sites (N-methyl/N-ethyl adjacent to an activating group) is 1. The van der Waals surface area contributed by atoms with Crippen LogP contribution in [0.15, 0.2) is 29.6 Å². The van der Waals surface area contributed by atoms with Crippen LogP contribution >= 0.6 is 11.3 Å². The standard InChI is InChI=1S/C13H17NOS/c1-3-11(14-2)13(15)10-4-5-12-9(8-10)6-7-16-12/h4-8,11,13-15H,3H2,1-2H3. The maximum Gasteiger partial charge on any atom is 0.0942 e. The summed E-state index contributed by atoms with van der Waals surface area (Å²) in [6.07, 6.45) is 0.485. The van der Waals surface area contributed by atoms with Gasteiger partial charge in [-0.3, -0.25) is 0 Å². The summed E-state index contributed by atoms with van der Waals surface area (Å²) in [5.41, 5.74) is 0.993. The molecule has 0 radical (unpaired) electrons. The highest BCUT2D eigenvalue weighted by molar-refractivity contribution is 7.17. The molecule has 3 heteroatoms. The number of hydrogen-bond acceptors (Lipinski definition) is 3. The Morgan fingerprint density at radius 2 is 2.19 bits per heavy atom. The summed E-state index contributed by atoms with van der Waals surface area (Å²) >= 11 is 1.73. The van der Waals surface area contributed by atoms with Crippen LogP contribution in [-0.2, 0) is 0 Å². The second-order valence-corrected chi connectivity index (χ2v) is 4.91. The van der Waals surface area contributed by atoms with Gasteiger partial charge in [-0.2, -0.15) is 0 Å². The fourth-order valence-corrected chi connectivity index (χ4v) is 2.76. The molecule has 2 nitrogen and oxygen atoms in total. The summed E-state index contributed by atoms with van der Waals surface area (Å²) < 4.78 is 1.27. The average Bonchev–Trinajstić information content (AvgIpc) is 2.77. The second-order valence-electron chi connectivity index (χ2n) is 3.97. The summed E-state index contributed by atoms with van der Waals surface area (Å²) in [6.45, 7) is 2.08. The smallest absolute Gasteiger partial charge is 0.0942 e. The van der Waals surface area contributed by atoms with Gasteiger partial charge in [0.1, 0.15) is 0 Å². The van der Waals surface area contributed by atoms with Crippen LogP contribution in [0.4, 0.5) is 0 Å². The Balaban J connectivity index is 2.31. The van der Waals surface area contributed by atoms with Gasteiger partial charge in [0, 0.05) is 10.7 Å². The molecular formula is C13H17NOS. The fourth-order valence-electron chi connectivity index (χ4n) is 1.99. The highest BCUT2D eigenvalue weighted by Crippen LogP contribution is 2.26. The highest BCUT2D eigenvalue weighted by atomic mass is 32.1. The summed E-state index contributed by atoms with van der Waals surface area (Å²) in [6, 6.07) is 8.40. The van der Waals surface area contributed by atoms with Gasteiger partial charge < -0.3 is 10.4 Å². The number of rotatable bonds is 4. The molecule has 1 aromatic heterocycles. The van der Waals surface area contributed by atoms with Gasteiger partial charge in [0.25, 0.3) is 0 Å². The Labute approximate surface area is 99.9 Å². The first-order valence-electron chi connectivity index (χ1n) is 5.58. The van der Waals surface area contributed by atoms with E-state index in [1.54, 1.807) is 11.3 Å². The van der Waals surface area contributed by atoms with Crippen molar-refractivity contribution in [3.8, 4) is 0 Å². The van der Waals surface area contributed by atoms with Crippen LogP contribution in [0.2, 0.25) is 0 Å². The lowest BCUT2D eigenvalue weighted by Gasteiger charge is -2.21. The lowest BCUT2D eigenvalue weighted by Crippen LogP contribution is -2.31. The SMILES string of the molecule is CCC(NC)C(O)c1ccc2sccc2c1. The van der Waals surface area contributed by atoms with E-state index in [2.05, 4.69) is 35.8 Å². The molecule has 16 heavy (non-hydrogen) atoms. The number of aliphatic hydroxyl groups excluding tert-OH is 1. The Hall–Kier alpha value is -0.900. The van der Waals surface area contributed by atoms with Gasteiger partial charge in [-0.1, -0.05) is 13.0 Å². The third-order valence-electron chi connectivity index (χ3n) is 3.01. The third-order valence-corrected chi connectivity index (χ3v) is 3.91. The number of aliphatic hydroxyl groups is 1. The first kappa shape index (κ1) is 11.6. The molecule has 2 atom stereocenters. The maximum atomic E-state index is 10.2. The molecular weight excluding hydrogens is 218 g/mol. The molecule has 0 spiro atoms. The van der Waals surface area contributed by atoms with E-state index < -0.39 is 6.10 Å². The van der Waals surface area contributed by atoms with Crippen molar-refractivity contribution in [2.75, 3.05) is 7.05 Å². The van der Waals surface area contributed by atoms with Gasteiger partial charge in [-0.15, -0.1) is 11.3 Å². The van der Waals surface area contributed by atoms with Crippen molar-refractivity contribution in [1.82, 2.24) is 5.32 Å². The first-order chi connectivity index (χ1) is 7.76. The largest absolute Gasteiger partial charge is 0.387 e. The molecule has 2 N–H and O–H groups in total. The zero-order chi connectivity index (χ0) is 11.5. The topological polar surface area (TPSA) is 32.3 Å². The van der Waals surface area contributed by atoms with Crippen LogP contribution in [0, 0.1) is 0 Å². The van der Waals surface area contributed by atoms with Crippen LogP contribution in [0.5, 0.6) is 0 Å². The second kappa shape index (κ2) is 4.95. The molecule has 1 heterocycles. The first-order valence-corrected chi connectivity index (χ1v) is 6.46. The van der Waals surface area contributed by atoms with Crippen molar-refractivity contribution < 1.29 is 5.11 Å². The average molecular weight is 235 g/mol. The number of hydrogen-bond donors (Lipinski definition) is 2. The molecule has 86 valence electrons. The van der Waals surface area contributed by atoms with E-state index in [1.807, 2.05) is 13.1 Å². The normalized spacial score (nSPS) is 15.2. The van der Waals surface area contributed by atoms with Crippen molar-refractivity contribution in [2.24, 2.45) is 0 Å². The van der Waals surface area contributed by atoms with Crippen molar-refractivity contribution >= 4 is 21.4 Å². The number of benzene rings is 1. The van der Waals surface area contributed by atoms with Crippen LogP contribution in [0.3, 0.4) is 0 Å². The minimum absolute atomic E-state index is 0.121. The van der Waals surface area contributed by atoms with Crippen LogP contribution < -0.4 is 5.32 Å². The Morgan fingerprint density at radius 1 is 1.38 bits per heavy atom. The quantitative estimate of drug-likeness (QED) is 0.854. The third kappa shape index (κ3) is 2.12. The summed E-state index contributed by atoms with van der Waals surface area (Å²) in [5, 5.41) is 16.7. The van der Waals surface area contributed by atoms with E-state index in [0.29, 0.717) is 0 Å². The van der Waals surface area contributed by atoms with Crippen LogP contribution in [-0.4, -0.2) is 18.2 Å². The predicted molar refractivity (Wildman–Crippen MR) is 69.9 cm³/mol. The molecule has 0 saturated carbocycles. The van der Waals surface area contributed by atoms with E-state index in [0.717, 1.165) is 12.0 Å². The summed E-state index contributed by atoms with van der Waals surface area (Å²) in [7, 11) is 1.89. The van der Waals surface area contributed by atoms with Gasteiger partial charge in [-0.25, -0.2) is 0 Å². The van der Waals surface area contributed by atoms with Gasteiger partial charge >= 0.3 is 0 Å². The van der Waals surface area contributed by atoms with Crippen molar-refractivity contribution in [3.05, 3.63) is 35.2 Å².